The number of halogens is 4. The van der Waals surface area contributed by atoms with Crippen molar-refractivity contribution in [2.24, 2.45) is 7.05 Å². The Kier molecular flexibility index (Phi) is 7.27. The molecule has 0 fully saturated rings. The minimum Gasteiger partial charge on any atom is -0.349 e. The summed E-state index contributed by atoms with van der Waals surface area (Å²) in [5, 5.41) is 6.45. The minimum atomic E-state index is -2.99. The summed E-state index contributed by atoms with van der Waals surface area (Å²) in [5.41, 5.74) is 0.267. The van der Waals surface area contributed by atoms with Crippen molar-refractivity contribution in [1.29, 1.82) is 0 Å². The maximum absolute atomic E-state index is 13.8. The summed E-state index contributed by atoms with van der Waals surface area (Å²) in [6, 6.07) is 15.8. The predicted octanol–water partition coefficient (Wildman–Crippen LogP) is 6.45. The van der Waals surface area contributed by atoms with Crippen LogP contribution in [0.4, 0.5) is 18.9 Å². The van der Waals surface area contributed by atoms with Crippen molar-refractivity contribution in [1.82, 2.24) is 14.9 Å². The van der Waals surface area contributed by atoms with E-state index in [1.54, 1.807) is 18.2 Å². The summed E-state index contributed by atoms with van der Waals surface area (Å²) in [6.07, 6.45) is -1.87. The number of aromatic nitrogens is 2. The number of rotatable bonds is 7. The van der Waals surface area contributed by atoms with Crippen LogP contribution in [0.25, 0.3) is 22.2 Å². The number of hydrogen-bond acceptors (Lipinski definition) is 3. The van der Waals surface area contributed by atoms with Crippen LogP contribution in [-0.2, 0) is 18.4 Å². The van der Waals surface area contributed by atoms with Crippen LogP contribution in [-0.4, -0.2) is 27.0 Å². The van der Waals surface area contributed by atoms with E-state index in [1.807, 2.05) is 41.9 Å². The van der Waals surface area contributed by atoms with Crippen LogP contribution in [0, 0.1) is 0 Å². The van der Waals surface area contributed by atoms with E-state index in [9.17, 15) is 22.8 Å². The van der Waals surface area contributed by atoms with E-state index in [0.29, 0.717) is 10.7 Å². The molecule has 4 rings (SSSR count). The maximum Gasteiger partial charge on any atom is 0.281 e. The van der Waals surface area contributed by atoms with Gasteiger partial charge in [-0.15, -0.1) is 0 Å². The lowest BCUT2D eigenvalue weighted by molar-refractivity contribution is -0.130. The number of anilines is 1. The average molecular weight is 529 g/mol. The first-order valence-corrected chi connectivity index (χ1v) is 11.7. The quantitative estimate of drug-likeness (QED) is 0.289. The molecule has 10 heteroatoms. The molecule has 0 saturated heterocycles. The molecular formula is C27H24ClF3N4O2. The van der Waals surface area contributed by atoms with Crippen LogP contribution < -0.4 is 10.6 Å². The number of pyridine rings is 1. The Hall–Kier alpha value is -3.85. The third-order valence-electron chi connectivity index (χ3n) is 5.84. The van der Waals surface area contributed by atoms with Crippen LogP contribution >= 0.6 is 11.6 Å². The molecule has 0 bridgehead atoms. The molecular weight excluding hydrogens is 505 g/mol. The Labute approximate surface area is 216 Å². The zero-order valence-electron chi connectivity index (χ0n) is 20.3. The first-order chi connectivity index (χ1) is 17.4. The minimum absolute atomic E-state index is 0.175. The van der Waals surface area contributed by atoms with Crippen LogP contribution in [0.5, 0.6) is 0 Å². The van der Waals surface area contributed by atoms with E-state index in [1.165, 1.54) is 6.07 Å². The largest absolute Gasteiger partial charge is 0.349 e. The Balaban J connectivity index is 1.60. The SMILES string of the molecule is Cn1c(-c2cccc(Cl)c2)cc2cc(NC(=O)c3cc(CNC(=O)C(C)(C)F)cnc3C(F)F)ccc21. The first-order valence-electron chi connectivity index (χ1n) is 11.3. The summed E-state index contributed by atoms with van der Waals surface area (Å²) in [7, 11) is 1.91. The summed E-state index contributed by atoms with van der Waals surface area (Å²) in [6.45, 7) is 2.02. The lowest BCUT2D eigenvalue weighted by Crippen LogP contribution is -2.38. The number of hydrogen-bond donors (Lipinski definition) is 2. The van der Waals surface area contributed by atoms with Crippen LogP contribution in [0.1, 0.15) is 41.9 Å². The third-order valence-corrected chi connectivity index (χ3v) is 6.08. The second-order valence-corrected chi connectivity index (χ2v) is 9.50. The van der Waals surface area contributed by atoms with E-state index < -0.39 is 29.6 Å². The highest BCUT2D eigenvalue weighted by Crippen LogP contribution is 2.31. The highest BCUT2D eigenvalue weighted by Gasteiger charge is 2.26. The number of aryl methyl sites for hydroxylation is 1. The molecule has 2 N–H and O–H groups in total. The smallest absolute Gasteiger partial charge is 0.281 e. The van der Waals surface area contributed by atoms with Gasteiger partial charge in [0.2, 0.25) is 0 Å². The third kappa shape index (κ3) is 5.77. The molecule has 0 spiro atoms. The number of fused-ring (bicyclic) bond motifs is 1. The van der Waals surface area contributed by atoms with Crippen molar-refractivity contribution in [2.75, 3.05) is 5.32 Å². The molecule has 0 unspecified atom stereocenters. The molecule has 192 valence electrons. The van der Waals surface area contributed by atoms with Gasteiger partial charge in [-0.3, -0.25) is 14.6 Å². The van der Waals surface area contributed by atoms with Crippen molar-refractivity contribution < 1.29 is 22.8 Å². The molecule has 37 heavy (non-hydrogen) atoms. The second kappa shape index (κ2) is 10.3. The number of alkyl halides is 3. The van der Waals surface area contributed by atoms with Crippen molar-refractivity contribution in [2.45, 2.75) is 32.5 Å². The predicted molar refractivity (Wildman–Crippen MR) is 138 cm³/mol. The Morgan fingerprint density at radius 1 is 1.11 bits per heavy atom. The topological polar surface area (TPSA) is 76.0 Å². The summed E-state index contributed by atoms with van der Waals surface area (Å²) >= 11 is 6.14. The fourth-order valence-corrected chi connectivity index (χ4v) is 4.10. The second-order valence-electron chi connectivity index (χ2n) is 9.06. The Morgan fingerprint density at radius 3 is 2.54 bits per heavy atom. The van der Waals surface area contributed by atoms with Gasteiger partial charge in [-0.2, -0.15) is 0 Å². The van der Waals surface area contributed by atoms with Gasteiger partial charge in [0, 0.05) is 47.1 Å². The van der Waals surface area contributed by atoms with Gasteiger partial charge in [0.1, 0.15) is 5.69 Å². The van der Waals surface area contributed by atoms with Gasteiger partial charge in [0.15, 0.2) is 5.67 Å². The standard InChI is InChI=1S/C27H24ClF3N4O2/c1-27(2,31)26(37)33-14-15-9-20(23(24(29)30)32-13-15)25(36)34-19-7-8-21-17(11-19)12-22(35(21)3)16-5-4-6-18(28)10-16/h4-13,24H,14H2,1-3H3,(H,33,37)(H,34,36). The first kappa shape index (κ1) is 26.2. The van der Waals surface area contributed by atoms with Crippen LogP contribution in [0.3, 0.4) is 0 Å². The molecule has 4 aromatic rings. The molecule has 2 amide bonds. The van der Waals surface area contributed by atoms with Crippen molar-refractivity contribution >= 4 is 40.0 Å². The van der Waals surface area contributed by atoms with Gasteiger partial charge >= 0.3 is 0 Å². The van der Waals surface area contributed by atoms with Crippen molar-refractivity contribution in [3.8, 4) is 11.3 Å². The van der Waals surface area contributed by atoms with Gasteiger partial charge in [0.25, 0.3) is 18.2 Å². The number of amides is 2. The van der Waals surface area contributed by atoms with Crippen molar-refractivity contribution in [3.63, 3.8) is 0 Å². The number of nitrogens with one attached hydrogen (secondary N) is 2. The van der Waals surface area contributed by atoms with Crippen LogP contribution in [0.2, 0.25) is 5.02 Å². The monoisotopic (exact) mass is 528 g/mol. The van der Waals surface area contributed by atoms with Gasteiger partial charge < -0.3 is 15.2 Å². The average Bonchev–Trinajstić information content (AvgIpc) is 3.17. The van der Waals surface area contributed by atoms with E-state index in [0.717, 1.165) is 42.2 Å². The summed E-state index contributed by atoms with van der Waals surface area (Å²) < 4.78 is 42.9. The maximum atomic E-state index is 13.8. The number of carbonyl (C=O) groups excluding carboxylic acids is 2. The van der Waals surface area contributed by atoms with E-state index in [2.05, 4.69) is 15.6 Å². The van der Waals surface area contributed by atoms with Gasteiger partial charge in [-0.25, -0.2) is 13.2 Å². The summed E-state index contributed by atoms with van der Waals surface area (Å²) in [5.74, 6) is -1.66. The lowest BCUT2D eigenvalue weighted by Gasteiger charge is -2.15. The van der Waals surface area contributed by atoms with E-state index in [4.69, 9.17) is 11.6 Å². The fraction of sp³-hybridized carbons (Fsp3) is 0.222. The highest BCUT2D eigenvalue weighted by molar-refractivity contribution is 6.30. The van der Waals surface area contributed by atoms with E-state index in [-0.39, 0.29) is 17.7 Å². The Morgan fingerprint density at radius 2 is 1.86 bits per heavy atom. The number of nitrogens with zero attached hydrogens (tertiary/aromatic N) is 2. The highest BCUT2D eigenvalue weighted by atomic mass is 35.5. The van der Waals surface area contributed by atoms with Gasteiger partial charge in [-0.05, 0) is 67.4 Å². The molecule has 0 aliphatic carbocycles. The number of carbonyl (C=O) groups is 2. The zero-order chi connectivity index (χ0) is 26.9. The fourth-order valence-electron chi connectivity index (χ4n) is 3.91. The summed E-state index contributed by atoms with van der Waals surface area (Å²) in [4.78, 5) is 28.5. The molecule has 0 aliphatic rings. The van der Waals surface area contributed by atoms with Gasteiger partial charge in [-0.1, -0.05) is 23.7 Å². The van der Waals surface area contributed by atoms with Crippen molar-refractivity contribution in [3.05, 3.63) is 82.6 Å². The normalized spacial score (nSPS) is 11.7. The molecule has 0 atom stereocenters. The lowest BCUT2D eigenvalue weighted by atomic mass is 10.1. The molecule has 0 radical (unpaired) electrons. The van der Waals surface area contributed by atoms with Crippen LogP contribution in [0.15, 0.2) is 60.8 Å². The number of benzene rings is 2. The van der Waals surface area contributed by atoms with E-state index >= 15 is 0 Å². The molecule has 6 nitrogen and oxygen atoms in total. The molecule has 2 heterocycles. The molecule has 2 aromatic carbocycles. The molecule has 0 saturated carbocycles. The molecule has 2 aromatic heterocycles. The molecule has 0 aliphatic heterocycles. The Bertz CT molecular complexity index is 1500. The van der Waals surface area contributed by atoms with Gasteiger partial charge in [0.05, 0.1) is 5.56 Å². The zero-order valence-corrected chi connectivity index (χ0v) is 21.0.